The fraction of sp³-hybridized carbons (Fsp3) is 0.625. The third-order valence-corrected chi connectivity index (χ3v) is 6.57. The molecular formula is C16H21FN2O3S. The quantitative estimate of drug-likeness (QED) is 0.899. The molecule has 1 saturated carbocycles. The predicted molar refractivity (Wildman–Crippen MR) is 83.0 cm³/mol. The Morgan fingerprint density at radius 3 is 2.61 bits per heavy atom. The van der Waals surface area contributed by atoms with Crippen molar-refractivity contribution in [3.8, 4) is 0 Å². The van der Waals surface area contributed by atoms with Crippen LogP contribution in [0.3, 0.4) is 0 Å². The summed E-state index contributed by atoms with van der Waals surface area (Å²) in [5.41, 5.74) is 0. The second-order valence-electron chi connectivity index (χ2n) is 6.82. The van der Waals surface area contributed by atoms with E-state index < -0.39 is 15.8 Å². The van der Waals surface area contributed by atoms with Gasteiger partial charge < -0.3 is 4.74 Å². The highest BCUT2D eigenvalue weighted by Gasteiger charge is 2.43. The molecule has 126 valence electrons. The van der Waals surface area contributed by atoms with Gasteiger partial charge >= 0.3 is 0 Å². The molecule has 4 rings (SSSR count). The second kappa shape index (κ2) is 5.81. The largest absolute Gasteiger partial charge is 0.375 e. The molecule has 0 aromatic heterocycles. The normalized spacial score (nSPS) is 32.0. The van der Waals surface area contributed by atoms with Crippen LogP contribution in [0.15, 0.2) is 29.2 Å². The first-order valence-corrected chi connectivity index (χ1v) is 9.63. The smallest absolute Gasteiger partial charge is 0.240 e. The number of nitrogens with zero attached hydrogens (tertiary/aromatic N) is 1. The summed E-state index contributed by atoms with van der Waals surface area (Å²) < 4.78 is 46.5. The Morgan fingerprint density at radius 2 is 1.91 bits per heavy atom. The number of hydrogen-bond donors (Lipinski definition) is 1. The maximum atomic E-state index is 13.0. The zero-order chi connectivity index (χ0) is 16.0. The molecule has 2 aliphatic heterocycles. The Kier molecular flexibility index (Phi) is 3.91. The van der Waals surface area contributed by atoms with E-state index in [1.54, 1.807) is 0 Å². The van der Waals surface area contributed by atoms with Crippen LogP contribution in [0.1, 0.15) is 19.3 Å². The van der Waals surface area contributed by atoms with Crippen molar-refractivity contribution in [3.63, 3.8) is 0 Å². The molecule has 0 bridgehead atoms. The molecule has 1 aromatic rings. The first-order valence-electron chi connectivity index (χ1n) is 8.15. The lowest BCUT2D eigenvalue weighted by Crippen LogP contribution is -2.47. The molecule has 0 amide bonds. The van der Waals surface area contributed by atoms with Gasteiger partial charge in [0.2, 0.25) is 10.0 Å². The number of halogens is 1. The van der Waals surface area contributed by atoms with E-state index in [9.17, 15) is 12.8 Å². The van der Waals surface area contributed by atoms with Crippen LogP contribution in [-0.4, -0.2) is 51.2 Å². The molecule has 2 heterocycles. The Labute approximate surface area is 135 Å². The van der Waals surface area contributed by atoms with Crippen molar-refractivity contribution < 1.29 is 17.5 Å². The Morgan fingerprint density at radius 1 is 1.17 bits per heavy atom. The molecule has 2 saturated heterocycles. The van der Waals surface area contributed by atoms with Gasteiger partial charge in [0.25, 0.3) is 0 Å². The van der Waals surface area contributed by atoms with Crippen molar-refractivity contribution in [1.29, 1.82) is 0 Å². The van der Waals surface area contributed by atoms with Gasteiger partial charge in [-0.05, 0) is 49.4 Å². The van der Waals surface area contributed by atoms with Crippen LogP contribution in [0.25, 0.3) is 0 Å². The molecule has 5 nitrogen and oxygen atoms in total. The van der Waals surface area contributed by atoms with Crippen molar-refractivity contribution in [2.24, 2.45) is 5.92 Å². The van der Waals surface area contributed by atoms with Gasteiger partial charge in [0, 0.05) is 25.2 Å². The molecular weight excluding hydrogens is 319 g/mol. The number of nitrogens with one attached hydrogen (secondary N) is 1. The summed E-state index contributed by atoms with van der Waals surface area (Å²) in [6.45, 7) is 2.32. The molecule has 3 fully saturated rings. The van der Waals surface area contributed by atoms with Gasteiger partial charge in [-0.2, -0.15) is 0 Å². The summed E-state index contributed by atoms with van der Waals surface area (Å²) in [7, 11) is -3.61. The zero-order valence-electron chi connectivity index (χ0n) is 12.8. The molecule has 3 atom stereocenters. The Bertz CT molecular complexity index is 675. The molecule has 0 radical (unpaired) electrons. The summed E-state index contributed by atoms with van der Waals surface area (Å²) in [5, 5.41) is 0. The summed E-state index contributed by atoms with van der Waals surface area (Å²) in [5.74, 6) is 0.260. The topological polar surface area (TPSA) is 58.6 Å². The monoisotopic (exact) mass is 340 g/mol. The van der Waals surface area contributed by atoms with E-state index in [1.165, 1.54) is 37.1 Å². The molecule has 1 aliphatic carbocycles. The minimum atomic E-state index is -3.61. The zero-order valence-corrected chi connectivity index (χ0v) is 13.6. The molecule has 1 N–H and O–H groups in total. The minimum absolute atomic E-state index is 0.107. The van der Waals surface area contributed by atoms with Gasteiger partial charge in [-0.1, -0.05) is 0 Å². The van der Waals surface area contributed by atoms with Gasteiger partial charge in [-0.15, -0.1) is 0 Å². The summed E-state index contributed by atoms with van der Waals surface area (Å²) in [4.78, 5) is 2.46. The predicted octanol–water partition coefficient (Wildman–Crippen LogP) is 1.36. The highest BCUT2D eigenvalue weighted by molar-refractivity contribution is 7.89. The Hall–Kier alpha value is -1.02. The van der Waals surface area contributed by atoms with Crippen LogP contribution >= 0.6 is 0 Å². The molecule has 23 heavy (non-hydrogen) atoms. The number of ether oxygens (including phenoxy) is 1. The Balaban J connectivity index is 1.40. The number of fused-ring (bicyclic) bond motifs is 1. The van der Waals surface area contributed by atoms with E-state index in [1.807, 2.05) is 0 Å². The van der Waals surface area contributed by atoms with Gasteiger partial charge in [0.15, 0.2) is 0 Å². The van der Waals surface area contributed by atoms with E-state index in [-0.39, 0.29) is 10.9 Å². The number of benzene rings is 1. The maximum Gasteiger partial charge on any atom is 0.240 e. The van der Waals surface area contributed by atoms with Crippen LogP contribution in [-0.2, 0) is 14.8 Å². The number of rotatable bonds is 4. The van der Waals surface area contributed by atoms with E-state index in [0.29, 0.717) is 24.7 Å². The van der Waals surface area contributed by atoms with Crippen molar-refractivity contribution in [3.05, 3.63) is 30.1 Å². The highest BCUT2D eigenvalue weighted by atomic mass is 32.2. The van der Waals surface area contributed by atoms with Crippen molar-refractivity contribution in [2.45, 2.75) is 42.3 Å². The highest BCUT2D eigenvalue weighted by Crippen LogP contribution is 2.38. The average Bonchev–Trinajstić information content (AvgIpc) is 3.28. The SMILES string of the molecule is O=S(=O)(N[C@H]1C[C@H]2CO[C@@H](C3CC3)CN2C1)c1ccc(F)cc1. The minimum Gasteiger partial charge on any atom is -0.375 e. The summed E-state index contributed by atoms with van der Waals surface area (Å²) in [6, 6.07) is 5.11. The molecule has 0 spiro atoms. The van der Waals surface area contributed by atoms with E-state index in [0.717, 1.165) is 19.5 Å². The first-order chi connectivity index (χ1) is 11.0. The summed E-state index contributed by atoms with van der Waals surface area (Å²) in [6.07, 6.45) is 3.59. The van der Waals surface area contributed by atoms with Gasteiger partial charge in [0.1, 0.15) is 5.82 Å². The fourth-order valence-electron chi connectivity index (χ4n) is 3.64. The lowest BCUT2D eigenvalue weighted by molar-refractivity contribution is -0.0581. The third kappa shape index (κ3) is 3.28. The van der Waals surface area contributed by atoms with Crippen molar-refractivity contribution >= 4 is 10.0 Å². The van der Waals surface area contributed by atoms with E-state index >= 15 is 0 Å². The van der Waals surface area contributed by atoms with Crippen LogP contribution in [0, 0.1) is 11.7 Å². The van der Waals surface area contributed by atoms with E-state index in [2.05, 4.69) is 9.62 Å². The number of sulfonamides is 1. The molecule has 7 heteroatoms. The lowest BCUT2D eigenvalue weighted by Gasteiger charge is -2.35. The molecule has 3 aliphatic rings. The van der Waals surface area contributed by atoms with Crippen LogP contribution in [0.4, 0.5) is 4.39 Å². The third-order valence-electron chi connectivity index (χ3n) is 5.04. The van der Waals surface area contributed by atoms with Crippen LogP contribution < -0.4 is 4.72 Å². The maximum absolute atomic E-state index is 13.0. The van der Waals surface area contributed by atoms with Gasteiger partial charge in [-0.25, -0.2) is 17.5 Å². The van der Waals surface area contributed by atoms with Gasteiger partial charge in [0.05, 0.1) is 17.6 Å². The van der Waals surface area contributed by atoms with Gasteiger partial charge in [-0.3, -0.25) is 4.90 Å². The standard InChI is InChI=1S/C16H21FN2O3S/c17-12-3-5-15(6-4-12)23(20,21)18-13-7-14-10-22-16(11-1-2-11)9-19(14)8-13/h3-6,11,13-14,16,18H,1-2,7-10H2/t13-,14-,16+/m0/s1. The fourth-order valence-corrected chi connectivity index (χ4v) is 4.88. The van der Waals surface area contributed by atoms with Crippen LogP contribution in [0.5, 0.6) is 0 Å². The second-order valence-corrected chi connectivity index (χ2v) is 8.54. The average molecular weight is 340 g/mol. The van der Waals surface area contributed by atoms with Crippen LogP contribution in [0.2, 0.25) is 0 Å². The molecule has 0 unspecified atom stereocenters. The molecule has 1 aromatic carbocycles. The van der Waals surface area contributed by atoms with Crippen molar-refractivity contribution in [1.82, 2.24) is 9.62 Å². The number of morpholine rings is 1. The summed E-state index contributed by atoms with van der Waals surface area (Å²) >= 11 is 0. The number of hydrogen-bond acceptors (Lipinski definition) is 4. The van der Waals surface area contributed by atoms with E-state index in [4.69, 9.17) is 4.74 Å². The lowest BCUT2D eigenvalue weighted by atomic mass is 10.1. The first kappa shape index (κ1) is 15.5. The van der Waals surface area contributed by atoms with Crippen molar-refractivity contribution in [2.75, 3.05) is 19.7 Å².